The summed E-state index contributed by atoms with van der Waals surface area (Å²) in [4.78, 5) is 6.97. The van der Waals surface area contributed by atoms with Gasteiger partial charge in [-0.25, -0.2) is 4.39 Å². The van der Waals surface area contributed by atoms with Crippen LogP contribution >= 0.6 is 0 Å². The van der Waals surface area contributed by atoms with Crippen LogP contribution in [-0.2, 0) is 6.54 Å². The number of aryl methyl sites for hydroxylation is 1. The molecule has 2 aromatic carbocycles. The van der Waals surface area contributed by atoms with Crippen molar-refractivity contribution in [2.24, 2.45) is 0 Å². The van der Waals surface area contributed by atoms with E-state index in [1.54, 1.807) is 0 Å². The smallest absolute Gasteiger partial charge is 0.231 e. The summed E-state index contributed by atoms with van der Waals surface area (Å²) < 4.78 is 18.5. The fraction of sp³-hybridized carbons (Fsp3) is 0.300. The molecule has 1 aliphatic rings. The molecule has 2 heterocycles. The highest BCUT2D eigenvalue weighted by Crippen LogP contribution is 2.29. The van der Waals surface area contributed by atoms with Crippen LogP contribution in [0.4, 0.5) is 4.39 Å². The van der Waals surface area contributed by atoms with Gasteiger partial charge in [-0.2, -0.15) is 4.98 Å². The summed E-state index contributed by atoms with van der Waals surface area (Å²) in [6, 6.07) is 14.7. The predicted octanol–water partition coefficient (Wildman–Crippen LogP) is 4.17. The molecule has 25 heavy (non-hydrogen) atoms. The molecule has 0 N–H and O–H groups in total. The van der Waals surface area contributed by atoms with Crippen molar-refractivity contribution < 1.29 is 8.91 Å². The Labute approximate surface area is 146 Å². The van der Waals surface area contributed by atoms with Crippen molar-refractivity contribution in [1.29, 1.82) is 0 Å². The van der Waals surface area contributed by atoms with E-state index in [2.05, 4.69) is 15.0 Å². The summed E-state index contributed by atoms with van der Waals surface area (Å²) in [5, 5.41) is 4.16. The van der Waals surface area contributed by atoms with Crippen molar-refractivity contribution in [3.05, 3.63) is 71.4 Å². The Bertz CT molecular complexity index is 859. The van der Waals surface area contributed by atoms with E-state index in [1.807, 2.05) is 43.3 Å². The van der Waals surface area contributed by atoms with E-state index in [9.17, 15) is 4.39 Å². The minimum absolute atomic E-state index is 0.197. The van der Waals surface area contributed by atoms with Crippen LogP contribution in [0.3, 0.4) is 0 Å². The van der Waals surface area contributed by atoms with Crippen molar-refractivity contribution in [3.63, 3.8) is 0 Å². The van der Waals surface area contributed by atoms with Crippen LogP contribution in [-0.4, -0.2) is 28.1 Å². The van der Waals surface area contributed by atoms with Crippen LogP contribution in [0.2, 0.25) is 0 Å². The molecule has 0 saturated carbocycles. The summed E-state index contributed by atoms with van der Waals surface area (Å²) in [5.41, 5.74) is 3.27. The van der Waals surface area contributed by atoms with Gasteiger partial charge in [-0.15, -0.1) is 0 Å². The normalized spacial score (nSPS) is 17.9. The van der Waals surface area contributed by atoms with E-state index < -0.39 is 0 Å². The van der Waals surface area contributed by atoms with Gasteiger partial charge in [0.05, 0.1) is 5.92 Å². The summed E-state index contributed by atoms with van der Waals surface area (Å²) in [7, 11) is 0. The van der Waals surface area contributed by atoms with Gasteiger partial charge in [-0.05, 0) is 43.1 Å². The molecule has 0 bridgehead atoms. The van der Waals surface area contributed by atoms with E-state index in [1.165, 1.54) is 12.1 Å². The van der Waals surface area contributed by atoms with E-state index in [0.29, 0.717) is 11.7 Å². The quantitative estimate of drug-likeness (QED) is 0.716. The van der Waals surface area contributed by atoms with Crippen LogP contribution in [0.15, 0.2) is 53.1 Å². The second-order valence-corrected chi connectivity index (χ2v) is 6.62. The monoisotopic (exact) mass is 337 g/mol. The van der Waals surface area contributed by atoms with Crippen molar-refractivity contribution in [1.82, 2.24) is 15.0 Å². The average molecular weight is 337 g/mol. The molecule has 1 saturated heterocycles. The van der Waals surface area contributed by atoms with Gasteiger partial charge in [0.25, 0.3) is 0 Å². The van der Waals surface area contributed by atoms with Crippen molar-refractivity contribution in [2.75, 3.05) is 13.1 Å². The Balaban J connectivity index is 1.44. The molecule has 0 amide bonds. The first kappa shape index (κ1) is 16.0. The van der Waals surface area contributed by atoms with E-state index in [0.717, 1.165) is 42.7 Å². The molecule has 0 radical (unpaired) electrons. The van der Waals surface area contributed by atoms with Crippen LogP contribution in [0.25, 0.3) is 11.4 Å². The van der Waals surface area contributed by atoms with Crippen LogP contribution in [0.5, 0.6) is 0 Å². The maximum absolute atomic E-state index is 13.0. The topological polar surface area (TPSA) is 42.2 Å². The second-order valence-electron chi connectivity index (χ2n) is 6.62. The van der Waals surface area contributed by atoms with E-state index in [-0.39, 0.29) is 11.7 Å². The molecule has 0 aliphatic carbocycles. The van der Waals surface area contributed by atoms with Crippen molar-refractivity contribution >= 4 is 0 Å². The van der Waals surface area contributed by atoms with Crippen LogP contribution in [0, 0.1) is 12.7 Å². The highest BCUT2D eigenvalue weighted by atomic mass is 19.1. The first-order valence-electron chi connectivity index (χ1n) is 8.55. The zero-order valence-corrected chi connectivity index (χ0v) is 14.2. The molecular formula is C20H20FN3O. The van der Waals surface area contributed by atoms with Gasteiger partial charge in [0, 0.05) is 18.7 Å². The minimum Gasteiger partial charge on any atom is -0.339 e. The zero-order valence-electron chi connectivity index (χ0n) is 14.2. The number of hydrogen-bond acceptors (Lipinski definition) is 4. The number of likely N-dealkylation sites (tertiary alicyclic amines) is 1. The Morgan fingerprint density at radius 3 is 2.76 bits per heavy atom. The lowest BCUT2D eigenvalue weighted by atomic mass is 10.1. The third kappa shape index (κ3) is 3.46. The molecule has 3 aromatic rings. The third-order valence-corrected chi connectivity index (χ3v) is 4.77. The first-order chi connectivity index (χ1) is 12.2. The third-order valence-electron chi connectivity index (χ3n) is 4.77. The maximum atomic E-state index is 13.0. The molecule has 128 valence electrons. The summed E-state index contributed by atoms with van der Waals surface area (Å²) in [6.07, 6.45) is 0.997. The number of aromatic nitrogens is 2. The fourth-order valence-electron chi connectivity index (χ4n) is 3.36. The minimum atomic E-state index is -0.197. The molecule has 5 heteroatoms. The van der Waals surface area contributed by atoms with Gasteiger partial charge in [-0.1, -0.05) is 41.6 Å². The number of nitrogens with zero attached hydrogens (tertiary/aromatic N) is 3. The van der Waals surface area contributed by atoms with E-state index >= 15 is 0 Å². The molecule has 1 fully saturated rings. The van der Waals surface area contributed by atoms with Gasteiger partial charge in [0.2, 0.25) is 11.7 Å². The van der Waals surface area contributed by atoms with Crippen molar-refractivity contribution in [3.8, 4) is 11.4 Å². The molecular weight excluding hydrogens is 317 g/mol. The van der Waals surface area contributed by atoms with Gasteiger partial charge in [0.1, 0.15) is 5.82 Å². The van der Waals surface area contributed by atoms with Gasteiger partial charge in [0.15, 0.2) is 0 Å². The number of rotatable bonds is 4. The molecule has 1 aromatic heterocycles. The van der Waals surface area contributed by atoms with Crippen LogP contribution in [0.1, 0.15) is 29.4 Å². The summed E-state index contributed by atoms with van der Waals surface area (Å²) >= 11 is 0. The lowest BCUT2D eigenvalue weighted by molar-refractivity contribution is 0.309. The summed E-state index contributed by atoms with van der Waals surface area (Å²) in [6.45, 7) is 4.72. The zero-order chi connectivity index (χ0) is 17.2. The Hall–Kier alpha value is -2.53. The molecule has 0 spiro atoms. The lowest BCUT2D eigenvalue weighted by Crippen LogP contribution is -2.19. The largest absolute Gasteiger partial charge is 0.339 e. The Morgan fingerprint density at radius 1 is 1.16 bits per heavy atom. The standard InChI is InChI=1S/C20H20FN3O/c1-14-4-2-3-5-18(14)19-22-20(25-23-19)16-10-11-24(13-16)12-15-6-8-17(21)9-7-15/h2-9,16H,10-13H2,1H3/t16-/m0/s1. The maximum Gasteiger partial charge on any atom is 0.231 e. The second kappa shape index (κ2) is 6.76. The number of benzene rings is 2. The fourth-order valence-corrected chi connectivity index (χ4v) is 3.36. The molecule has 0 unspecified atom stereocenters. The van der Waals surface area contributed by atoms with Gasteiger partial charge in [-0.3, -0.25) is 4.90 Å². The number of hydrogen-bond donors (Lipinski definition) is 0. The summed E-state index contributed by atoms with van der Waals surface area (Å²) in [5.74, 6) is 1.42. The average Bonchev–Trinajstić information content (AvgIpc) is 3.27. The molecule has 1 aliphatic heterocycles. The van der Waals surface area contributed by atoms with Gasteiger partial charge < -0.3 is 4.52 Å². The van der Waals surface area contributed by atoms with Gasteiger partial charge >= 0.3 is 0 Å². The Kier molecular flexibility index (Phi) is 4.32. The van der Waals surface area contributed by atoms with Crippen LogP contribution < -0.4 is 0 Å². The number of halogens is 1. The lowest BCUT2D eigenvalue weighted by Gasteiger charge is -2.15. The Morgan fingerprint density at radius 2 is 1.96 bits per heavy atom. The first-order valence-corrected chi connectivity index (χ1v) is 8.55. The highest BCUT2D eigenvalue weighted by molar-refractivity contribution is 5.59. The molecule has 4 nitrogen and oxygen atoms in total. The van der Waals surface area contributed by atoms with Crippen molar-refractivity contribution in [2.45, 2.75) is 25.8 Å². The van der Waals surface area contributed by atoms with E-state index in [4.69, 9.17) is 4.52 Å². The molecule has 1 atom stereocenters. The molecule has 4 rings (SSSR count). The highest BCUT2D eigenvalue weighted by Gasteiger charge is 2.28. The predicted molar refractivity (Wildman–Crippen MR) is 93.5 cm³/mol. The SMILES string of the molecule is Cc1ccccc1-c1noc([C@H]2CCN(Cc3ccc(F)cc3)C2)n1.